The third-order valence-corrected chi connectivity index (χ3v) is 4.02. The molecule has 1 aliphatic heterocycles. The summed E-state index contributed by atoms with van der Waals surface area (Å²) in [5.41, 5.74) is 4.95. The number of nitrogens with zero attached hydrogens (tertiary/aromatic N) is 2. The number of hydrogen-bond acceptors (Lipinski definition) is 4. The van der Waals surface area contributed by atoms with Gasteiger partial charge in [-0.1, -0.05) is 0 Å². The van der Waals surface area contributed by atoms with Crippen molar-refractivity contribution >= 4 is 5.91 Å². The summed E-state index contributed by atoms with van der Waals surface area (Å²) in [6.45, 7) is 12.4. The Labute approximate surface area is 117 Å². The average Bonchev–Trinajstić information content (AvgIpc) is 2.26. The van der Waals surface area contributed by atoms with Gasteiger partial charge in [-0.25, -0.2) is 0 Å². The normalized spacial score (nSPS) is 25.5. The lowest BCUT2D eigenvalue weighted by atomic mass is 9.95. The highest BCUT2D eigenvalue weighted by Gasteiger charge is 2.33. The summed E-state index contributed by atoms with van der Waals surface area (Å²) in [6, 6.07) is 0.789. The van der Waals surface area contributed by atoms with Crippen molar-refractivity contribution in [2.75, 3.05) is 33.2 Å². The Morgan fingerprint density at radius 2 is 2.11 bits per heavy atom. The van der Waals surface area contributed by atoms with E-state index in [1.165, 1.54) is 0 Å². The van der Waals surface area contributed by atoms with Crippen LogP contribution >= 0.6 is 0 Å². The molecule has 3 N–H and O–H groups in total. The number of nitrogens with one attached hydrogen (secondary N) is 1. The number of carbonyl (C=O) groups excluding carboxylic acids is 1. The largest absolute Gasteiger partial charge is 0.368 e. The molecule has 1 aliphatic rings. The second-order valence-corrected chi connectivity index (χ2v) is 6.39. The van der Waals surface area contributed by atoms with Crippen molar-refractivity contribution in [3.63, 3.8) is 0 Å². The van der Waals surface area contributed by atoms with Crippen molar-refractivity contribution in [2.24, 2.45) is 5.73 Å². The van der Waals surface area contributed by atoms with Crippen molar-refractivity contribution in [3.05, 3.63) is 0 Å². The number of amides is 1. The minimum atomic E-state index is -0.614. The SMILES string of the molecule is CC(C)NC(C)(CCN1CCN(C)CC1C)C(N)=O. The molecule has 2 unspecified atom stereocenters. The smallest absolute Gasteiger partial charge is 0.237 e. The molecule has 0 spiro atoms. The van der Waals surface area contributed by atoms with Crippen LogP contribution in [0.4, 0.5) is 0 Å². The summed E-state index contributed by atoms with van der Waals surface area (Å²) in [5.74, 6) is -0.261. The van der Waals surface area contributed by atoms with E-state index in [0.29, 0.717) is 6.04 Å². The molecule has 0 aromatic rings. The molecule has 0 aromatic heterocycles. The number of rotatable bonds is 6. The number of nitrogens with two attached hydrogens (primary N) is 1. The molecular weight excluding hydrogens is 240 g/mol. The Morgan fingerprint density at radius 1 is 1.47 bits per heavy atom. The van der Waals surface area contributed by atoms with E-state index in [9.17, 15) is 4.79 Å². The Bertz CT molecular complexity index is 308. The van der Waals surface area contributed by atoms with E-state index < -0.39 is 5.54 Å². The van der Waals surface area contributed by atoms with Gasteiger partial charge in [0.25, 0.3) is 0 Å². The fourth-order valence-corrected chi connectivity index (χ4v) is 2.78. The Balaban J connectivity index is 2.54. The molecule has 5 heteroatoms. The van der Waals surface area contributed by atoms with E-state index in [0.717, 1.165) is 32.6 Å². The topological polar surface area (TPSA) is 61.6 Å². The molecule has 1 saturated heterocycles. The third kappa shape index (κ3) is 4.75. The summed E-state index contributed by atoms with van der Waals surface area (Å²) < 4.78 is 0. The summed E-state index contributed by atoms with van der Waals surface area (Å²) >= 11 is 0. The second-order valence-electron chi connectivity index (χ2n) is 6.39. The number of piperazine rings is 1. The van der Waals surface area contributed by atoms with Gasteiger partial charge in [-0.05, 0) is 41.2 Å². The van der Waals surface area contributed by atoms with Crippen molar-refractivity contribution in [1.82, 2.24) is 15.1 Å². The van der Waals surface area contributed by atoms with Crippen LogP contribution in [0.2, 0.25) is 0 Å². The predicted molar refractivity (Wildman–Crippen MR) is 79.0 cm³/mol. The van der Waals surface area contributed by atoms with Crippen molar-refractivity contribution in [1.29, 1.82) is 0 Å². The molecule has 1 fully saturated rings. The van der Waals surface area contributed by atoms with Gasteiger partial charge in [0.2, 0.25) is 5.91 Å². The van der Waals surface area contributed by atoms with Gasteiger partial charge in [0.05, 0.1) is 5.54 Å². The first-order valence-corrected chi connectivity index (χ1v) is 7.25. The molecule has 112 valence electrons. The maximum atomic E-state index is 11.7. The highest BCUT2D eigenvalue weighted by molar-refractivity contribution is 5.84. The Kier molecular flexibility index (Phi) is 5.77. The first-order valence-electron chi connectivity index (χ1n) is 7.25. The summed E-state index contributed by atoms with van der Waals surface area (Å²) in [4.78, 5) is 16.5. The minimum Gasteiger partial charge on any atom is -0.368 e. The molecule has 19 heavy (non-hydrogen) atoms. The van der Waals surface area contributed by atoms with Crippen LogP contribution in [-0.2, 0) is 4.79 Å². The van der Waals surface area contributed by atoms with E-state index in [1.807, 2.05) is 20.8 Å². The first kappa shape index (κ1) is 16.4. The highest BCUT2D eigenvalue weighted by atomic mass is 16.1. The zero-order chi connectivity index (χ0) is 14.6. The molecule has 5 nitrogen and oxygen atoms in total. The maximum Gasteiger partial charge on any atom is 0.237 e. The van der Waals surface area contributed by atoms with Crippen molar-refractivity contribution in [2.45, 2.75) is 51.7 Å². The van der Waals surface area contributed by atoms with Gasteiger partial charge in [-0.3, -0.25) is 9.69 Å². The monoisotopic (exact) mass is 270 g/mol. The van der Waals surface area contributed by atoms with Crippen LogP contribution in [0.25, 0.3) is 0 Å². The van der Waals surface area contributed by atoms with Crippen LogP contribution in [-0.4, -0.2) is 66.6 Å². The number of carbonyl (C=O) groups is 1. The van der Waals surface area contributed by atoms with Gasteiger partial charge in [-0.15, -0.1) is 0 Å². The van der Waals surface area contributed by atoms with Crippen LogP contribution in [0, 0.1) is 0 Å². The van der Waals surface area contributed by atoms with Gasteiger partial charge in [0.1, 0.15) is 0 Å². The van der Waals surface area contributed by atoms with E-state index >= 15 is 0 Å². The lowest BCUT2D eigenvalue weighted by molar-refractivity contribution is -0.124. The summed E-state index contributed by atoms with van der Waals surface area (Å²) in [5, 5.41) is 3.31. The molecule has 1 amide bonds. The van der Waals surface area contributed by atoms with Gasteiger partial charge in [-0.2, -0.15) is 0 Å². The van der Waals surface area contributed by atoms with Gasteiger partial charge in [0.15, 0.2) is 0 Å². The zero-order valence-electron chi connectivity index (χ0n) is 13.1. The lowest BCUT2D eigenvalue weighted by Crippen LogP contribution is -2.58. The van der Waals surface area contributed by atoms with E-state index in [-0.39, 0.29) is 11.9 Å². The third-order valence-electron chi connectivity index (χ3n) is 4.02. The number of likely N-dealkylation sites (N-methyl/N-ethyl adjacent to an activating group) is 1. The molecule has 1 heterocycles. The quantitative estimate of drug-likeness (QED) is 0.726. The van der Waals surface area contributed by atoms with Crippen LogP contribution in [0.3, 0.4) is 0 Å². The lowest BCUT2D eigenvalue weighted by Gasteiger charge is -2.40. The average molecular weight is 270 g/mol. The fraction of sp³-hybridized carbons (Fsp3) is 0.929. The second kappa shape index (κ2) is 6.68. The molecular formula is C14H30N4O. The fourth-order valence-electron chi connectivity index (χ4n) is 2.78. The predicted octanol–water partition coefficient (Wildman–Crippen LogP) is 0.254. The molecule has 2 atom stereocenters. The minimum absolute atomic E-state index is 0.252. The summed E-state index contributed by atoms with van der Waals surface area (Å²) in [6.07, 6.45) is 0.758. The van der Waals surface area contributed by atoms with Crippen LogP contribution in [0.1, 0.15) is 34.1 Å². The maximum absolute atomic E-state index is 11.7. The van der Waals surface area contributed by atoms with Crippen molar-refractivity contribution < 1.29 is 4.79 Å². The highest BCUT2D eigenvalue weighted by Crippen LogP contribution is 2.15. The zero-order valence-corrected chi connectivity index (χ0v) is 13.1. The van der Waals surface area contributed by atoms with E-state index in [2.05, 4.69) is 29.1 Å². The van der Waals surface area contributed by atoms with Crippen LogP contribution < -0.4 is 11.1 Å². The molecule has 0 aliphatic carbocycles. The van der Waals surface area contributed by atoms with E-state index in [4.69, 9.17) is 5.73 Å². The van der Waals surface area contributed by atoms with Crippen LogP contribution in [0.5, 0.6) is 0 Å². The Hall–Kier alpha value is -0.650. The Morgan fingerprint density at radius 3 is 2.58 bits per heavy atom. The number of primary amides is 1. The van der Waals surface area contributed by atoms with E-state index in [1.54, 1.807) is 0 Å². The summed E-state index contributed by atoms with van der Waals surface area (Å²) in [7, 11) is 2.15. The molecule has 0 aromatic carbocycles. The van der Waals surface area contributed by atoms with Gasteiger partial charge < -0.3 is 16.0 Å². The standard InChI is InChI=1S/C14H30N4O/c1-11(2)16-14(4,13(15)19)6-7-18-9-8-17(5)10-12(18)3/h11-12,16H,6-10H2,1-5H3,(H2,15,19). The molecule has 0 saturated carbocycles. The van der Waals surface area contributed by atoms with Gasteiger partial charge >= 0.3 is 0 Å². The molecule has 0 bridgehead atoms. The van der Waals surface area contributed by atoms with Gasteiger partial charge in [0, 0.05) is 38.3 Å². The first-order chi connectivity index (χ1) is 8.74. The number of hydrogen-bond donors (Lipinski definition) is 2. The van der Waals surface area contributed by atoms with Crippen LogP contribution in [0.15, 0.2) is 0 Å². The van der Waals surface area contributed by atoms with Crippen molar-refractivity contribution in [3.8, 4) is 0 Å². The molecule has 0 radical (unpaired) electrons. The molecule has 1 rings (SSSR count).